The van der Waals surface area contributed by atoms with Crippen molar-refractivity contribution in [1.82, 2.24) is 19.6 Å². The van der Waals surface area contributed by atoms with Gasteiger partial charge in [0.2, 0.25) is 0 Å². The molecule has 19 heavy (non-hydrogen) atoms. The van der Waals surface area contributed by atoms with E-state index in [2.05, 4.69) is 16.9 Å². The van der Waals surface area contributed by atoms with Crippen LogP contribution in [0.15, 0.2) is 12.3 Å². The molecule has 2 heterocycles. The van der Waals surface area contributed by atoms with Crippen molar-refractivity contribution in [2.24, 2.45) is 18.7 Å². The van der Waals surface area contributed by atoms with Gasteiger partial charge in [0.15, 0.2) is 0 Å². The van der Waals surface area contributed by atoms with Crippen LogP contribution in [-0.4, -0.2) is 64.8 Å². The summed E-state index contributed by atoms with van der Waals surface area (Å²) < 4.78 is 1.63. The van der Waals surface area contributed by atoms with Crippen molar-refractivity contribution < 1.29 is 4.79 Å². The van der Waals surface area contributed by atoms with Crippen LogP contribution in [0.2, 0.25) is 0 Å². The Bertz CT molecular complexity index is 422. The van der Waals surface area contributed by atoms with Crippen molar-refractivity contribution in [3.8, 4) is 0 Å². The molecule has 1 aromatic heterocycles. The first kappa shape index (κ1) is 14.0. The fourth-order valence-corrected chi connectivity index (χ4v) is 2.39. The van der Waals surface area contributed by atoms with Crippen molar-refractivity contribution >= 4 is 5.91 Å². The Labute approximate surface area is 114 Å². The van der Waals surface area contributed by atoms with Crippen molar-refractivity contribution in [2.75, 3.05) is 39.3 Å². The Morgan fingerprint density at radius 2 is 2.11 bits per heavy atom. The summed E-state index contributed by atoms with van der Waals surface area (Å²) in [5.74, 6) is 0.589. The minimum absolute atomic E-state index is 0.0755. The smallest absolute Gasteiger partial charge is 0.272 e. The van der Waals surface area contributed by atoms with E-state index in [0.29, 0.717) is 18.2 Å². The molecule has 0 aromatic carbocycles. The average Bonchev–Trinajstić information content (AvgIpc) is 2.85. The Morgan fingerprint density at radius 3 is 2.63 bits per heavy atom. The normalized spacial score (nSPS) is 18.6. The molecule has 1 atom stereocenters. The number of nitrogens with two attached hydrogens (primary N) is 1. The molecule has 0 radical (unpaired) electrons. The second-order valence-corrected chi connectivity index (χ2v) is 5.27. The number of nitrogens with zero attached hydrogens (tertiary/aromatic N) is 4. The topological polar surface area (TPSA) is 67.4 Å². The number of hydrogen-bond acceptors (Lipinski definition) is 4. The largest absolute Gasteiger partial charge is 0.335 e. The molecule has 1 unspecified atom stereocenters. The number of aryl methyl sites for hydroxylation is 1. The lowest BCUT2D eigenvalue weighted by atomic mass is 10.1. The maximum atomic E-state index is 12.3. The first-order chi connectivity index (χ1) is 9.11. The standard InChI is InChI=1S/C13H23N5O/c1-11(9-14)10-17-5-7-18(8-6-17)13(19)12-3-4-15-16(12)2/h3-4,11H,5-10,14H2,1-2H3. The van der Waals surface area contributed by atoms with Gasteiger partial charge in [0, 0.05) is 46.0 Å². The number of carbonyl (C=O) groups excluding carboxylic acids is 1. The maximum absolute atomic E-state index is 12.3. The van der Waals surface area contributed by atoms with E-state index in [9.17, 15) is 4.79 Å². The third-order valence-corrected chi connectivity index (χ3v) is 3.67. The van der Waals surface area contributed by atoms with Gasteiger partial charge in [-0.25, -0.2) is 0 Å². The second kappa shape index (κ2) is 6.16. The second-order valence-electron chi connectivity index (χ2n) is 5.27. The van der Waals surface area contributed by atoms with Crippen LogP contribution in [0, 0.1) is 5.92 Å². The molecule has 0 aliphatic carbocycles. The molecule has 6 heteroatoms. The van der Waals surface area contributed by atoms with Crippen LogP contribution in [0.1, 0.15) is 17.4 Å². The highest BCUT2D eigenvalue weighted by molar-refractivity contribution is 5.92. The first-order valence-corrected chi connectivity index (χ1v) is 6.81. The van der Waals surface area contributed by atoms with E-state index in [1.54, 1.807) is 24.0 Å². The summed E-state index contributed by atoms with van der Waals surface area (Å²) in [7, 11) is 1.80. The Hall–Kier alpha value is -1.40. The number of hydrogen-bond donors (Lipinski definition) is 1. The van der Waals surface area contributed by atoms with Gasteiger partial charge in [-0.15, -0.1) is 0 Å². The number of aromatic nitrogens is 2. The van der Waals surface area contributed by atoms with E-state index in [-0.39, 0.29) is 5.91 Å². The summed E-state index contributed by atoms with van der Waals surface area (Å²) in [5, 5.41) is 4.04. The summed E-state index contributed by atoms with van der Waals surface area (Å²) in [6.45, 7) is 7.30. The Morgan fingerprint density at radius 1 is 1.42 bits per heavy atom. The van der Waals surface area contributed by atoms with Gasteiger partial charge >= 0.3 is 0 Å². The monoisotopic (exact) mass is 265 g/mol. The molecule has 1 aromatic rings. The highest BCUT2D eigenvalue weighted by Gasteiger charge is 2.24. The maximum Gasteiger partial charge on any atom is 0.272 e. The van der Waals surface area contributed by atoms with Gasteiger partial charge in [0.1, 0.15) is 5.69 Å². The van der Waals surface area contributed by atoms with Crippen LogP contribution in [0.25, 0.3) is 0 Å². The van der Waals surface area contributed by atoms with E-state index in [1.807, 2.05) is 4.90 Å². The molecule has 1 aliphatic rings. The molecule has 2 rings (SSSR count). The number of rotatable bonds is 4. The minimum Gasteiger partial charge on any atom is -0.335 e. The molecule has 1 saturated heterocycles. The lowest BCUT2D eigenvalue weighted by Gasteiger charge is -2.35. The lowest BCUT2D eigenvalue weighted by molar-refractivity contribution is 0.0611. The van der Waals surface area contributed by atoms with Gasteiger partial charge in [0.05, 0.1) is 0 Å². The minimum atomic E-state index is 0.0755. The summed E-state index contributed by atoms with van der Waals surface area (Å²) >= 11 is 0. The van der Waals surface area contributed by atoms with Crippen LogP contribution in [0.5, 0.6) is 0 Å². The highest BCUT2D eigenvalue weighted by Crippen LogP contribution is 2.09. The first-order valence-electron chi connectivity index (χ1n) is 6.81. The third kappa shape index (κ3) is 3.33. The summed E-state index contributed by atoms with van der Waals surface area (Å²) in [4.78, 5) is 16.6. The number of piperazine rings is 1. The van der Waals surface area contributed by atoms with Gasteiger partial charge in [-0.2, -0.15) is 5.10 Å². The highest BCUT2D eigenvalue weighted by atomic mass is 16.2. The van der Waals surface area contributed by atoms with E-state index in [1.165, 1.54) is 0 Å². The number of amides is 1. The molecular formula is C13H23N5O. The summed E-state index contributed by atoms with van der Waals surface area (Å²) in [6.07, 6.45) is 1.66. The van der Waals surface area contributed by atoms with E-state index < -0.39 is 0 Å². The molecule has 2 N–H and O–H groups in total. The zero-order valence-electron chi connectivity index (χ0n) is 11.7. The molecule has 106 valence electrons. The molecule has 1 fully saturated rings. The molecular weight excluding hydrogens is 242 g/mol. The molecule has 0 saturated carbocycles. The quantitative estimate of drug-likeness (QED) is 0.817. The predicted octanol–water partition coefficient (Wildman–Crippen LogP) is -0.227. The van der Waals surface area contributed by atoms with Gasteiger partial charge in [0.25, 0.3) is 5.91 Å². The molecule has 1 aliphatic heterocycles. The van der Waals surface area contributed by atoms with Crippen molar-refractivity contribution in [3.63, 3.8) is 0 Å². The van der Waals surface area contributed by atoms with Crippen molar-refractivity contribution in [1.29, 1.82) is 0 Å². The summed E-state index contributed by atoms with van der Waals surface area (Å²) in [5.41, 5.74) is 6.30. The predicted molar refractivity (Wildman–Crippen MR) is 73.8 cm³/mol. The fourth-order valence-electron chi connectivity index (χ4n) is 2.39. The average molecular weight is 265 g/mol. The Balaban J connectivity index is 1.86. The SMILES string of the molecule is CC(CN)CN1CCN(C(=O)c2ccnn2C)CC1. The van der Waals surface area contributed by atoms with E-state index in [0.717, 1.165) is 32.7 Å². The summed E-state index contributed by atoms with van der Waals surface area (Å²) in [6, 6.07) is 1.77. The zero-order chi connectivity index (χ0) is 13.8. The van der Waals surface area contributed by atoms with Gasteiger partial charge in [-0.3, -0.25) is 14.4 Å². The lowest BCUT2D eigenvalue weighted by Crippen LogP contribution is -2.50. The molecule has 6 nitrogen and oxygen atoms in total. The van der Waals surface area contributed by atoms with Gasteiger partial charge in [-0.1, -0.05) is 6.92 Å². The molecule has 1 amide bonds. The van der Waals surface area contributed by atoms with E-state index in [4.69, 9.17) is 5.73 Å². The molecule has 0 spiro atoms. The van der Waals surface area contributed by atoms with Gasteiger partial charge in [-0.05, 0) is 18.5 Å². The molecule has 0 bridgehead atoms. The van der Waals surface area contributed by atoms with Crippen LogP contribution >= 0.6 is 0 Å². The van der Waals surface area contributed by atoms with Crippen LogP contribution < -0.4 is 5.73 Å². The Kier molecular flexibility index (Phi) is 4.55. The fraction of sp³-hybridized carbons (Fsp3) is 0.692. The van der Waals surface area contributed by atoms with Gasteiger partial charge < -0.3 is 10.6 Å². The van der Waals surface area contributed by atoms with Crippen molar-refractivity contribution in [2.45, 2.75) is 6.92 Å². The van der Waals surface area contributed by atoms with E-state index >= 15 is 0 Å². The van der Waals surface area contributed by atoms with Crippen LogP contribution in [0.3, 0.4) is 0 Å². The third-order valence-electron chi connectivity index (χ3n) is 3.67. The van der Waals surface area contributed by atoms with Crippen molar-refractivity contribution in [3.05, 3.63) is 18.0 Å². The zero-order valence-corrected chi connectivity index (χ0v) is 11.7. The number of carbonyl (C=O) groups is 1. The van der Waals surface area contributed by atoms with Crippen LogP contribution in [-0.2, 0) is 7.05 Å². The van der Waals surface area contributed by atoms with Crippen LogP contribution in [0.4, 0.5) is 0 Å².